The molecule has 0 aromatic carbocycles. The normalized spacial score (nSPS) is 14.8. The van der Waals surface area contributed by atoms with Crippen molar-refractivity contribution >= 4 is 0 Å². The first-order chi connectivity index (χ1) is 6.39. The van der Waals surface area contributed by atoms with Crippen molar-refractivity contribution in [2.75, 3.05) is 20.3 Å². The second-order valence-corrected chi connectivity index (χ2v) is 4.60. The zero-order chi connectivity index (χ0) is 11.2. The SMILES string of the molecule is COC(C)(C)CCOCC(O)C(C)C. The fourth-order valence-electron chi connectivity index (χ4n) is 0.817. The summed E-state index contributed by atoms with van der Waals surface area (Å²) in [5.41, 5.74) is -0.136. The van der Waals surface area contributed by atoms with Crippen molar-refractivity contribution in [3.05, 3.63) is 0 Å². The Bertz CT molecular complexity index is 143. The predicted molar refractivity (Wildman–Crippen MR) is 57.4 cm³/mol. The number of ether oxygens (including phenoxy) is 2. The number of hydrogen-bond acceptors (Lipinski definition) is 3. The van der Waals surface area contributed by atoms with Gasteiger partial charge in [0.2, 0.25) is 0 Å². The Morgan fingerprint density at radius 2 is 1.86 bits per heavy atom. The molecule has 0 rings (SSSR count). The van der Waals surface area contributed by atoms with Crippen LogP contribution in [0, 0.1) is 5.92 Å². The first kappa shape index (κ1) is 13.9. The lowest BCUT2D eigenvalue weighted by Crippen LogP contribution is -2.27. The summed E-state index contributed by atoms with van der Waals surface area (Å²) in [5.74, 6) is 0.255. The maximum atomic E-state index is 9.46. The maximum Gasteiger partial charge on any atom is 0.0796 e. The van der Waals surface area contributed by atoms with Crippen LogP contribution in [0.1, 0.15) is 34.1 Å². The summed E-state index contributed by atoms with van der Waals surface area (Å²) in [6.45, 7) is 9.05. The summed E-state index contributed by atoms with van der Waals surface area (Å²) in [5, 5.41) is 9.46. The Labute approximate surface area is 87.4 Å². The summed E-state index contributed by atoms with van der Waals surface area (Å²) in [7, 11) is 1.70. The van der Waals surface area contributed by atoms with Crippen molar-refractivity contribution in [2.45, 2.75) is 45.8 Å². The average Bonchev–Trinajstić information content (AvgIpc) is 2.12. The van der Waals surface area contributed by atoms with Gasteiger partial charge in [-0.15, -0.1) is 0 Å². The van der Waals surface area contributed by atoms with Gasteiger partial charge in [0, 0.05) is 13.7 Å². The lowest BCUT2D eigenvalue weighted by Gasteiger charge is -2.23. The smallest absolute Gasteiger partial charge is 0.0796 e. The third kappa shape index (κ3) is 6.35. The molecule has 0 spiro atoms. The summed E-state index contributed by atoms with van der Waals surface area (Å²) >= 11 is 0. The molecule has 0 aliphatic heterocycles. The third-order valence-electron chi connectivity index (χ3n) is 2.46. The number of aliphatic hydroxyl groups excluding tert-OH is 1. The molecule has 0 bridgehead atoms. The first-order valence-electron chi connectivity index (χ1n) is 5.20. The molecule has 0 saturated heterocycles. The highest BCUT2D eigenvalue weighted by Crippen LogP contribution is 2.12. The van der Waals surface area contributed by atoms with E-state index in [1.54, 1.807) is 7.11 Å². The van der Waals surface area contributed by atoms with Gasteiger partial charge in [-0.05, 0) is 26.2 Å². The lowest BCUT2D eigenvalue weighted by molar-refractivity contribution is -0.0314. The van der Waals surface area contributed by atoms with Crippen molar-refractivity contribution in [3.63, 3.8) is 0 Å². The molecule has 0 aromatic rings. The highest BCUT2D eigenvalue weighted by atomic mass is 16.5. The van der Waals surface area contributed by atoms with Gasteiger partial charge in [-0.1, -0.05) is 13.8 Å². The minimum Gasteiger partial charge on any atom is -0.390 e. The summed E-state index contributed by atoms with van der Waals surface area (Å²) in [4.78, 5) is 0. The van der Waals surface area contributed by atoms with Crippen molar-refractivity contribution in [1.29, 1.82) is 0 Å². The van der Waals surface area contributed by atoms with E-state index in [2.05, 4.69) is 0 Å². The number of methoxy groups -OCH3 is 1. The summed E-state index contributed by atoms with van der Waals surface area (Å²) < 4.78 is 10.6. The van der Waals surface area contributed by atoms with E-state index in [9.17, 15) is 5.11 Å². The van der Waals surface area contributed by atoms with Crippen molar-refractivity contribution < 1.29 is 14.6 Å². The predicted octanol–water partition coefficient (Wildman–Crippen LogP) is 1.83. The highest BCUT2D eigenvalue weighted by molar-refractivity contribution is 4.67. The maximum absolute atomic E-state index is 9.46. The Balaban J connectivity index is 3.47. The second-order valence-electron chi connectivity index (χ2n) is 4.60. The summed E-state index contributed by atoms with van der Waals surface area (Å²) in [6, 6.07) is 0. The minimum absolute atomic E-state index is 0.136. The standard InChI is InChI=1S/C11H24O3/c1-9(2)10(12)8-14-7-6-11(3,4)13-5/h9-10,12H,6-8H2,1-5H3. The van der Waals surface area contributed by atoms with Gasteiger partial charge >= 0.3 is 0 Å². The highest BCUT2D eigenvalue weighted by Gasteiger charge is 2.16. The molecule has 3 nitrogen and oxygen atoms in total. The van der Waals surface area contributed by atoms with Crippen molar-refractivity contribution in [2.24, 2.45) is 5.92 Å². The van der Waals surface area contributed by atoms with Crippen LogP contribution in [0.25, 0.3) is 0 Å². The van der Waals surface area contributed by atoms with Gasteiger partial charge in [-0.25, -0.2) is 0 Å². The van der Waals surface area contributed by atoms with E-state index in [4.69, 9.17) is 9.47 Å². The lowest BCUT2D eigenvalue weighted by atomic mass is 10.1. The monoisotopic (exact) mass is 204 g/mol. The van der Waals surface area contributed by atoms with Gasteiger partial charge in [0.15, 0.2) is 0 Å². The zero-order valence-electron chi connectivity index (χ0n) is 10.0. The molecule has 1 unspecified atom stereocenters. The molecule has 86 valence electrons. The molecule has 0 radical (unpaired) electrons. The fourth-order valence-corrected chi connectivity index (χ4v) is 0.817. The molecule has 0 heterocycles. The topological polar surface area (TPSA) is 38.7 Å². The Hall–Kier alpha value is -0.120. The molecule has 0 aromatic heterocycles. The summed E-state index contributed by atoms with van der Waals surface area (Å²) in [6.07, 6.45) is 0.481. The van der Waals surface area contributed by atoms with Gasteiger partial charge in [-0.3, -0.25) is 0 Å². The third-order valence-corrected chi connectivity index (χ3v) is 2.46. The van der Waals surface area contributed by atoms with Crippen LogP contribution >= 0.6 is 0 Å². The van der Waals surface area contributed by atoms with E-state index in [0.29, 0.717) is 13.2 Å². The van der Waals surface area contributed by atoms with Crippen LogP contribution in [0.2, 0.25) is 0 Å². The van der Waals surface area contributed by atoms with Gasteiger partial charge in [0.1, 0.15) is 0 Å². The molecule has 0 aliphatic rings. The Kier molecular flexibility index (Phi) is 6.33. The van der Waals surface area contributed by atoms with Crippen molar-refractivity contribution in [1.82, 2.24) is 0 Å². The molecular weight excluding hydrogens is 180 g/mol. The van der Waals surface area contributed by atoms with E-state index < -0.39 is 0 Å². The molecule has 14 heavy (non-hydrogen) atoms. The number of rotatable bonds is 7. The number of aliphatic hydroxyl groups is 1. The minimum atomic E-state index is -0.361. The van der Waals surface area contributed by atoms with Crippen molar-refractivity contribution in [3.8, 4) is 0 Å². The fraction of sp³-hybridized carbons (Fsp3) is 1.00. The second kappa shape index (κ2) is 6.38. The van der Waals surface area contributed by atoms with Crippen LogP contribution in [0.5, 0.6) is 0 Å². The van der Waals surface area contributed by atoms with Gasteiger partial charge in [0.25, 0.3) is 0 Å². The molecule has 0 fully saturated rings. The van der Waals surface area contributed by atoms with Gasteiger partial charge in [0.05, 0.1) is 18.3 Å². The number of hydrogen-bond donors (Lipinski definition) is 1. The van der Waals surface area contributed by atoms with E-state index in [1.165, 1.54) is 0 Å². The molecule has 1 atom stereocenters. The van der Waals surface area contributed by atoms with E-state index in [0.717, 1.165) is 6.42 Å². The largest absolute Gasteiger partial charge is 0.390 e. The zero-order valence-corrected chi connectivity index (χ0v) is 10.0. The van der Waals surface area contributed by atoms with Crippen LogP contribution in [0.3, 0.4) is 0 Å². The molecule has 0 saturated carbocycles. The molecule has 0 aliphatic carbocycles. The molecule has 3 heteroatoms. The average molecular weight is 204 g/mol. The Morgan fingerprint density at radius 1 is 1.29 bits per heavy atom. The van der Waals surface area contributed by atoms with Crippen LogP contribution in [0.4, 0.5) is 0 Å². The van der Waals surface area contributed by atoms with Crippen LogP contribution in [-0.4, -0.2) is 37.1 Å². The van der Waals surface area contributed by atoms with E-state index in [1.807, 2.05) is 27.7 Å². The Morgan fingerprint density at radius 3 is 2.29 bits per heavy atom. The van der Waals surface area contributed by atoms with Gasteiger partial charge < -0.3 is 14.6 Å². The van der Waals surface area contributed by atoms with E-state index in [-0.39, 0.29) is 17.6 Å². The van der Waals surface area contributed by atoms with E-state index >= 15 is 0 Å². The van der Waals surface area contributed by atoms with Crippen LogP contribution < -0.4 is 0 Å². The molecule has 1 N–H and O–H groups in total. The first-order valence-corrected chi connectivity index (χ1v) is 5.20. The molecule has 0 amide bonds. The van der Waals surface area contributed by atoms with Crippen LogP contribution in [-0.2, 0) is 9.47 Å². The quantitative estimate of drug-likeness (QED) is 0.643. The molecular formula is C11H24O3. The van der Waals surface area contributed by atoms with Gasteiger partial charge in [-0.2, -0.15) is 0 Å². The van der Waals surface area contributed by atoms with Crippen LogP contribution in [0.15, 0.2) is 0 Å².